The monoisotopic (exact) mass is 242 g/mol. The van der Waals surface area contributed by atoms with Crippen molar-refractivity contribution in [3.63, 3.8) is 0 Å². The van der Waals surface area contributed by atoms with Gasteiger partial charge in [0.15, 0.2) is 0 Å². The lowest BCUT2D eigenvalue weighted by molar-refractivity contribution is -0.371. The molecule has 0 radical (unpaired) electrons. The summed E-state index contributed by atoms with van der Waals surface area (Å²) in [5, 5.41) is 0. The van der Waals surface area contributed by atoms with Crippen LogP contribution in [0.1, 0.15) is 6.42 Å². The third-order valence-corrected chi connectivity index (χ3v) is 1.98. The van der Waals surface area contributed by atoms with Gasteiger partial charge in [0.1, 0.15) is 0 Å². The molecule has 0 saturated heterocycles. The summed E-state index contributed by atoms with van der Waals surface area (Å²) in [4.78, 5) is 10.2. The SMILES string of the molecule is O=C1CC(F)(F)C(F)(F)C(F)(F)C1(F)F. The van der Waals surface area contributed by atoms with Crippen LogP contribution in [0.2, 0.25) is 0 Å². The van der Waals surface area contributed by atoms with Crippen LogP contribution in [0.4, 0.5) is 35.1 Å². The van der Waals surface area contributed by atoms with Crippen LogP contribution in [0.5, 0.6) is 0 Å². The van der Waals surface area contributed by atoms with Gasteiger partial charge in [0.25, 0.3) is 0 Å². The molecule has 0 bridgehead atoms. The van der Waals surface area contributed by atoms with E-state index in [0.29, 0.717) is 0 Å². The zero-order valence-electron chi connectivity index (χ0n) is 6.64. The smallest absolute Gasteiger partial charge is 0.292 e. The second-order valence-corrected chi connectivity index (χ2v) is 3.03. The summed E-state index contributed by atoms with van der Waals surface area (Å²) < 4.78 is 98.4. The van der Waals surface area contributed by atoms with Crippen molar-refractivity contribution in [2.75, 3.05) is 0 Å². The van der Waals surface area contributed by atoms with E-state index >= 15 is 0 Å². The van der Waals surface area contributed by atoms with Gasteiger partial charge in [0, 0.05) is 0 Å². The van der Waals surface area contributed by atoms with E-state index in [1.807, 2.05) is 0 Å². The van der Waals surface area contributed by atoms with Gasteiger partial charge < -0.3 is 0 Å². The molecule has 9 heteroatoms. The van der Waals surface area contributed by atoms with Crippen LogP contribution in [0.3, 0.4) is 0 Å². The predicted octanol–water partition coefficient (Wildman–Crippen LogP) is 2.50. The third kappa shape index (κ3) is 1.18. The number of hydrogen-bond donors (Lipinski definition) is 0. The predicted molar refractivity (Wildman–Crippen MR) is 29.4 cm³/mol. The van der Waals surface area contributed by atoms with E-state index in [0.717, 1.165) is 0 Å². The van der Waals surface area contributed by atoms with Crippen LogP contribution >= 0.6 is 0 Å². The average Bonchev–Trinajstić information content (AvgIpc) is 2.00. The summed E-state index contributed by atoms with van der Waals surface area (Å²) in [6, 6.07) is 0. The van der Waals surface area contributed by atoms with Crippen LogP contribution in [0.15, 0.2) is 0 Å². The Balaban J connectivity index is 3.36. The number of hydrogen-bond acceptors (Lipinski definition) is 1. The van der Waals surface area contributed by atoms with Gasteiger partial charge in [-0.15, -0.1) is 0 Å². The minimum absolute atomic E-state index is 2.61. The van der Waals surface area contributed by atoms with Gasteiger partial charge >= 0.3 is 23.7 Å². The lowest BCUT2D eigenvalue weighted by Gasteiger charge is -2.40. The molecular weight excluding hydrogens is 240 g/mol. The Morgan fingerprint density at radius 2 is 1.20 bits per heavy atom. The number of Topliss-reactive ketones (excluding diaryl/α,β-unsaturated/α-hetero) is 1. The Hall–Kier alpha value is -0.890. The molecule has 0 aromatic carbocycles. The molecule has 1 rings (SSSR count). The minimum Gasteiger partial charge on any atom is -0.292 e. The average molecular weight is 242 g/mol. The fraction of sp³-hybridized carbons (Fsp3) is 0.833. The molecule has 0 N–H and O–H groups in total. The summed E-state index contributed by atoms with van der Waals surface area (Å²) in [6.07, 6.45) is -2.61. The van der Waals surface area contributed by atoms with E-state index in [-0.39, 0.29) is 0 Å². The van der Waals surface area contributed by atoms with E-state index in [4.69, 9.17) is 0 Å². The molecule has 1 fully saturated rings. The fourth-order valence-electron chi connectivity index (χ4n) is 1.03. The molecule has 0 aromatic rings. The van der Waals surface area contributed by atoms with Crippen molar-refractivity contribution in [1.82, 2.24) is 0 Å². The van der Waals surface area contributed by atoms with Gasteiger partial charge in [-0.3, -0.25) is 4.79 Å². The van der Waals surface area contributed by atoms with Gasteiger partial charge in [-0.05, 0) is 0 Å². The second kappa shape index (κ2) is 2.62. The quantitative estimate of drug-likeness (QED) is 0.596. The molecular formula is C6H2F8O. The van der Waals surface area contributed by atoms with Gasteiger partial charge in [-0.2, -0.15) is 35.1 Å². The molecule has 1 nitrogen and oxygen atoms in total. The normalized spacial score (nSPS) is 31.3. The molecule has 1 aliphatic carbocycles. The Kier molecular flexibility index (Phi) is 2.12. The third-order valence-electron chi connectivity index (χ3n) is 1.98. The highest BCUT2D eigenvalue weighted by Gasteiger charge is 2.86. The van der Waals surface area contributed by atoms with E-state index in [1.165, 1.54) is 0 Å². The summed E-state index contributed by atoms with van der Waals surface area (Å²) in [5.41, 5.74) is 0. The number of alkyl halides is 8. The molecule has 0 aliphatic heterocycles. The highest BCUT2D eigenvalue weighted by molar-refractivity contribution is 5.89. The molecule has 0 spiro atoms. The Labute approximate surface area is 77.0 Å². The van der Waals surface area contributed by atoms with Crippen LogP contribution in [0, 0.1) is 0 Å². The maximum atomic E-state index is 12.3. The molecule has 15 heavy (non-hydrogen) atoms. The van der Waals surface area contributed by atoms with E-state index in [1.54, 1.807) is 0 Å². The van der Waals surface area contributed by atoms with Crippen molar-refractivity contribution in [3.8, 4) is 0 Å². The Morgan fingerprint density at radius 1 is 0.800 bits per heavy atom. The van der Waals surface area contributed by atoms with Crippen molar-refractivity contribution in [2.24, 2.45) is 0 Å². The first-order valence-corrected chi connectivity index (χ1v) is 3.42. The fourth-order valence-corrected chi connectivity index (χ4v) is 1.03. The van der Waals surface area contributed by atoms with Crippen molar-refractivity contribution in [2.45, 2.75) is 30.1 Å². The van der Waals surface area contributed by atoms with Crippen LogP contribution in [-0.4, -0.2) is 29.5 Å². The highest BCUT2D eigenvalue weighted by Crippen LogP contribution is 2.58. The van der Waals surface area contributed by atoms with Crippen LogP contribution < -0.4 is 0 Å². The minimum atomic E-state index is -6.39. The summed E-state index contributed by atoms with van der Waals surface area (Å²) >= 11 is 0. The molecule has 1 saturated carbocycles. The standard InChI is InChI=1S/C6H2F8O/c7-3(8)1-2(15)4(9,10)6(13,14)5(3,11)12/h1H2. The number of ketones is 1. The maximum Gasteiger partial charge on any atom is 0.385 e. The van der Waals surface area contributed by atoms with Gasteiger partial charge in [0.05, 0.1) is 6.42 Å². The lowest BCUT2D eigenvalue weighted by Crippen LogP contribution is -2.69. The van der Waals surface area contributed by atoms with Gasteiger partial charge in [0.2, 0.25) is 5.78 Å². The second-order valence-electron chi connectivity index (χ2n) is 3.03. The first kappa shape index (κ1) is 12.2. The maximum absolute atomic E-state index is 12.3. The zero-order chi connectivity index (χ0) is 12.3. The summed E-state index contributed by atoms with van der Waals surface area (Å²) in [6.45, 7) is 0. The van der Waals surface area contributed by atoms with Crippen molar-refractivity contribution < 1.29 is 39.9 Å². The van der Waals surface area contributed by atoms with E-state index in [9.17, 15) is 39.9 Å². The summed E-state index contributed by atoms with van der Waals surface area (Å²) in [5.74, 6) is -26.8. The first-order chi connectivity index (χ1) is 6.38. The first-order valence-electron chi connectivity index (χ1n) is 3.42. The Bertz CT molecular complexity index is 306. The highest BCUT2D eigenvalue weighted by atomic mass is 19.4. The number of carbonyl (C=O) groups is 1. The van der Waals surface area contributed by atoms with E-state index in [2.05, 4.69) is 0 Å². The molecule has 0 heterocycles. The molecule has 88 valence electrons. The molecule has 1 aliphatic rings. The number of carbonyl (C=O) groups excluding carboxylic acids is 1. The molecule has 0 amide bonds. The molecule has 0 unspecified atom stereocenters. The van der Waals surface area contributed by atoms with Gasteiger partial charge in [-0.1, -0.05) is 0 Å². The number of halogens is 8. The van der Waals surface area contributed by atoms with Crippen molar-refractivity contribution >= 4 is 5.78 Å². The zero-order valence-corrected chi connectivity index (χ0v) is 6.64. The van der Waals surface area contributed by atoms with Gasteiger partial charge in [-0.25, -0.2) is 0 Å². The largest absolute Gasteiger partial charge is 0.385 e. The Morgan fingerprint density at radius 3 is 1.60 bits per heavy atom. The van der Waals surface area contributed by atoms with E-state index < -0.39 is 35.9 Å². The van der Waals surface area contributed by atoms with Crippen LogP contribution in [0.25, 0.3) is 0 Å². The molecule has 0 atom stereocenters. The summed E-state index contributed by atoms with van der Waals surface area (Å²) in [7, 11) is 0. The van der Waals surface area contributed by atoms with Crippen molar-refractivity contribution in [3.05, 3.63) is 0 Å². The van der Waals surface area contributed by atoms with Crippen LogP contribution in [-0.2, 0) is 4.79 Å². The number of rotatable bonds is 0. The lowest BCUT2D eigenvalue weighted by atomic mass is 9.85. The molecule has 0 aromatic heterocycles. The van der Waals surface area contributed by atoms with Crippen molar-refractivity contribution in [1.29, 1.82) is 0 Å². The topological polar surface area (TPSA) is 17.1 Å².